The zero-order chi connectivity index (χ0) is 22.6. The molecule has 1 aliphatic heterocycles. The van der Waals surface area contributed by atoms with Crippen molar-refractivity contribution in [1.29, 1.82) is 0 Å². The summed E-state index contributed by atoms with van der Waals surface area (Å²) in [5, 5.41) is 4.76. The number of imidazole rings is 1. The van der Waals surface area contributed by atoms with Crippen LogP contribution in [-0.4, -0.2) is 62.2 Å². The molecule has 3 aromatic heterocycles. The minimum Gasteiger partial charge on any atom is -0.463 e. The van der Waals surface area contributed by atoms with Gasteiger partial charge in [-0.1, -0.05) is 23.8 Å². The van der Waals surface area contributed by atoms with Crippen molar-refractivity contribution in [2.45, 2.75) is 13.3 Å². The normalized spacial score (nSPS) is 13.9. The van der Waals surface area contributed by atoms with E-state index in [2.05, 4.69) is 45.0 Å². The summed E-state index contributed by atoms with van der Waals surface area (Å²) in [4.78, 5) is 15.8. The third kappa shape index (κ3) is 5.04. The fourth-order valence-corrected chi connectivity index (χ4v) is 3.79. The first-order chi connectivity index (χ1) is 16.1. The molecule has 1 aromatic carbocycles. The summed E-state index contributed by atoms with van der Waals surface area (Å²) in [5.41, 5.74) is 4.13. The van der Waals surface area contributed by atoms with Crippen molar-refractivity contribution in [2.24, 2.45) is 7.05 Å². The fraction of sp³-hybridized carbons (Fsp3) is 0.333. The van der Waals surface area contributed by atoms with E-state index in [1.165, 1.54) is 5.56 Å². The summed E-state index contributed by atoms with van der Waals surface area (Å²) in [5.74, 6) is 1.47. The summed E-state index contributed by atoms with van der Waals surface area (Å²) in [7, 11) is 1.95. The molecule has 4 heterocycles. The minimum atomic E-state index is 0.331. The summed E-state index contributed by atoms with van der Waals surface area (Å²) in [6.45, 7) is 5.42. The molecule has 5 rings (SSSR count). The molecule has 170 valence electrons. The number of rotatable bonds is 7. The average Bonchev–Trinajstić information content (AvgIpc) is 3.49. The number of anilines is 1. The van der Waals surface area contributed by atoms with E-state index in [9.17, 15) is 0 Å². The van der Waals surface area contributed by atoms with Crippen LogP contribution in [0.5, 0.6) is 6.01 Å². The van der Waals surface area contributed by atoms with E-state index >= 15 is 0 Å². The molecule has 0 unspecified atom stereocenters. The number of hydrogen-bond acceptors (Lipinski definition) is 7. The molecule has 1 aliphatic rings. The maximum Gasteiger partial charge on any atom is 0.320 e. The Hall–Kier alpha value is -3.72. The quantitative estimate of drug-likeness (QED) is 0.433. The summed E-state index contributed by atoms with van der Waals surface area (Å²) in [6, 6.07) is 12.6. The highest BCUT2D eigenvalue weighted by atomic mass is 16.5. The van der Waals surface area contributed by atoms with Gasteiger partial charge in [0, 0.05) is 50.6 Å². The molecular weight excluding hydrogens is 418 g/mol. The van der Waals surface area contributed by atoms with Gasteiger partial charge in [-0.2, -0.15) is 15.1 Å². The zero-order valence-electron chi connectivity index (χ0n) is 18.9. The Kier molecular flexibility index (Phi) is 6.03. The van der Waals surface area contributed by atoms with Crippen LogP contribution in [0.3, 0.4) is 0 Å². The number of aryl methyl sites for hydroxylation is 2. The number of benzene rings is 1. The summed E-state index contributed by atoms with van der Waals surface area (Å²) >= 11 is 0. The molecule has 0 bridgehead atoms. The minimum absolute atomic E-state index is 0.331. The molecule has 0 radical (unpaired) electrons. The van der Waals surface area contributed by atoms with Crippen LogP contribution in [0.2, 0.25) is 0 Å². The third-order valence-corrected chi connectivity index (χ3v) is 5.50. The van der Waals surface area contributed by atoms with Crippen LogP contribution in [0, 0.1) is 6.92 Å². The van der Waals surface area contributed by atoms with Crippen LogP contribution in [0.25, 0.3) is 17.1 Å². The highest BCUT2D eigenvalue weighted by Crippen LogP contribution is 2.23. The van der Waals surface area contributed by atoms with Gasteiger partial charge in [0.1, 0.15) is 5.82 Å². The van der Waals surface area contributed by atoms with E-state index in [-0.39, 0.29) is 0 Å². The van der Waals surface area contributed by atoms with Gasteiger partial charge in [-0.15, -0.1) is 0 Å². The van der Waals surface area contributed by atoms with Crippen LogP contribution in [-0.2, 0) is 18.2 Å². The van der Waals surface area contributed by atoms with Crippen molar-refractivity contribution >= 4 is 5.82 Å². The molecule has 0 N–H and O–H groups in total. The Balaban J connectivity index is 1.41. The van der Waals surface area contributed by atoms with Crippen LogP contribution in [0.4, 0.5) is 5.82 Å². The number of nitrogens with zero attached hydrogens (tertiary/aromatic N) is 7. The van der Waals surface area contributed by atoms with Crippen molar-refractivity contribution in [2.75, 3.05) is 37.8 Å². The molecule has 1 fully saturated rings. The van der Waals surface area contributed by atoms with E-state index in [0.29, 0.717) is 38.1 Å². The Labute approximate surface area is 192 Å². The molecule has 0 spiro atoms. The van der Waals surface area contributed by atoms with Gasteiger partial charge in [0.25, 0.3) is 0 Å². The summed E-state index contributed by atoms with van der Waals surface area (Å²) < 4.78 is 15.1. The van der Waals surface area contributed by atoms with E-state index in [0.717, 1.165) is 35.9 Å². The van der Waals surface area contributed by atoms with Crippen LogP contribution >= 0.6 is 0 Å². The van der Waals surface area contributed by atoms with Gasteiger partial charge in [-0.25, -0.2) is 9.67 Å². The lowest BCUT2D eigenvalue weighted by Gasteiger charge is -2.28. The highest BCUT2D eigenvalue weighted by Gasteiger charge is 2.17. The van der Waals surface area contributed by atoms with Gasteiger partial charge in [0.15, 0.2) is 5.82 Å². The topological polar surface area (TPSA) is 83.1 Å². The maximum atomic E-state index is 5.95. The predicted molar refractivity (Wildman–Crippen MR) is 125 cm³/mol. The van der Waals surface area contributed by atoms with E-state index in [4.69, 9.17) is 14.6 Å². The fourth-order valence-electron chi connectivity index (χ4n) is 3.79. The smallest absolute Gasteiger partial charge is 0.320 e. The zero-order valence-corrected chi connectivity index (χ0v) is 18.9. The highest BCUT2D eigenvalue weighted by molar-refractivity contribution is 5.60. The second kappa shape index (κ2) is 9.41. The monoisotopic (exact) mass is 445 g/mol. The molecule has 0 saturated carbocycles. The first-order valence-electron chi connectivity index (χ1n) is 11.1. The molecule has 1 saturated heterocycles. The lowest BCUT2D eigenvalue weighted by molar-refractivity contribution is 0.122. The Morgan fingerprint density at radius 3 is 2.70 bits per heavy atom. The molecule has 9 nitrogen and oxygen atoms in total. The molecule has 4 aromatic rings. The van der Waals surface area contributed by atoms with Crippen molar-refractivity contribution in [1.82, 2.24) is 29.3 Å². The number of morpholine rings is 1. The van der Waals surface area contributed by atoms with E-state index in [1.54, 1.807) is 11.0 Å². The average molecular weight is 446 g/mol. The van der Waals surface area contributed by atoms with Gasteiger partial charge in [0.05, 0.1) is 37.5 Å². The largest absolute Gasteiger partial charge is 0.463 e. The Morgan fingerprint density at radius 2 is 1.91 bits per heavy atom. The van der Waals surface area contributed by atoms with E-state index < -0.39 is 0 Å². The third-order valence-electron chi connectivity index (χ3n) is 5.50. The summed E-state index contributed by atoms with van der Waals surface area (Å²) in [6.07, 6.45) is 6.37. The molecule has 9 heteroatoms. The van der Waals surface area contributed by atoms with Crippen LogP contribution in [0.15, 0.2) is 55.1 Å². The van der Waals surface area contributed by atoms with Gasteiger partial charge >= 0.3 is 6.01 Å². The van der Waals surface area contributed by atoms with Gasteiger partial charge in [0.2, 0.25) is 0 Å². The number of hydrogen-bond donors (Lipinski definition) is 0. The SMILES string of the molecule is Cc1cccc(-c2ccn(-c3cc(N4CCOCC4)nc(OCCc4cn(C)cn4)n3)n2)c1. The van der Waals surface area contributed by atoms with Gasteiger partial charge in [-0.3, -0.25) is 0 Å². The van der Waals surface area contributed by atoms with Crippen LogP contribution < -0.4 is 9.64 Å². The Bertz CT molecular complexity index is 1230. The molecule has 0 aliphatic carbocycles. The molecule has 33 heavy (non-hydrogen) atoms. The first kappa shape index (κ1) is 21.1. The standard InChI is InChI=1S/C24H27N7O2/c1-18-4-3-5-19(14-18)21-6-8-31(28-21)23-15-22(30-9-12-32-13-10-30)26-24(27-23)33-11-7-20-16-29(2)17-25-20/h3-6,8,14-17H,7,9-13H2,1-2H3. The Morgan fingerprint density at radius 1 is 1.06 bits per heavy atom. The van der Waals surface area contributed by atoms with Crippen molar-refractivity contribution in [3.63, 3.8) is 0 Å². The lowest BCUT2D eigenvalue weighted by Crippen LogP contribution is -2.37. The number of ether oxygens (including phenoxy) is 2. The number of aromatic nitrogens is 6. The van der Waals surface area contributed by atoms with Crippen molar-refractivity contribution in [3.05, 3.63) is 66.4 Å². The van der Waals surface area contributed by atoms with Crippen LogP contribution in [0.1, 0.15) is 11.3 Å². The first-order valence-corrected chi connectivity index (χ1v) is 11.1. The lowest BCUT2D eigenvalue weighted by atomic mass is 10.1. The van der Waals surface area contributed by atoms with Gasteiger partial charge in [-0.05, 0) is 19.1 Å². The van der Waals surface area contributed by atoms with Crippen molar-refractivity contribution in [3.8, 4) is 23.1 Å². The van der Waals surface area contributed by atoms with E-state index in [1.807, 2.05) is 42.2 Å². The molecule has 0 atom stereocenters. The van der Waals surface area contributed by atoms with Crippen molar-refractivity contribution < 1.29 is 9.47 Å². The van der Waals surface area contributed by atoms with Gasteiger partial charge < -0.3 is 18.9 Å². The predicted octanol–water partition coefficient (Wildman–Crippen LogP) is 2.83. The molecular formula is C24H27N7O2. The molecule has 0 amide bonds. The maximum absolute atomic E-state index is 5.95. The second-order valence-electron chi connectivity index (χ2n) is 8.11. The second-order valence-corrected chi connectivity index (χ2v) is 8.11.